The fourth-order valence-electron chi connectivity index (χ4n) is 3.50. The van der Waals surface area contributed by atoms with Crippen LogP contribution in [-0.2, 0) is 10.2 Å². The minimum atomic E-state index is -0.565. The smallest absolute Gasteiger partial charge is 0.232 e. The minimum Gasteiger partial charge on any atom is -0.341 e. The van der Waals surface area contributed by atoms with Crippen LogP contribution in [0.3, 0.4) is 0 Å². The van der Waals surface area contributed by atoms with Crippen molar-refractivity contribution < 1.29 is 4.79 Å². The maximum atomic E-state index is 12.9. The molecule has 21 heavy (non-hydrogen) atoms. The fourth-order valence-corrected chi connectivity index (χ4v) is 3.87. The number of carbonyl (C=O) groups excluding carboxylic acids is 1. The van der Waals surface area contributed by atoms with E-state index in [1.807, 2.05) is 43.0 Å². The first kappa shape index (κ1) is 16.6. The number of amides is 1. The van der Waals surface area contributed by atoms with E-state index < -0.39 is 5.41 Å². The molecule has 2 fully saturated rings. The molecule has 2 aliphatic heterocycles. The SMILES string of the molecule is CC(C)(C(=O)N1C[C@H]2CNC[C@H]2C1)c1ccccc1Cl.Cl. The molecule has 2 saturated heterocycles. The maximum Gasteiger partial charge on any atom is 0.232 e. The van der Waals surface area contributed by atoms with Gasteiger partial charge in [0, 0.05) is 31.2 Å². The Labute approximate surface area is 137 Å². The Morgan fingerprint density at radius 2 is 1.81 bits per heavy atom. The summed E-state index contributed by atoms with van der Waals surface area (Å²) in [5, 5.41) is 4.08. The van der Waals surface area contributed by atoms with Crippen LogP contribution in [0.5, 0.6) is 0 Å². The third-order valence-corrected chi connectivity index (χ3v) is 5.09. The molecular formula is C16H22Cl2N2O. The lowest BCUT2D eigenvalue weighted by atomic mass is 9.83. The molecule has 0 bridgehead atoms. The van der Waals surface area contributed by atoms with Gasteiger partial charge in [-0.25, -0.2) is 0 Å². The van der Waals surface area contributed by atoms with Gasteiger partial charge in [-0.3, -0.25) is 4.79 Å². The Hall–Kier alpha value is -0.770. The van der Waals surface area contributed by atoms with E-state index in [2.05, 4.69) is 5.32 Å². The second-order valence-electron chi connectivity index (χ2n) is 6.49. The average Bonchev–Trinajstić information content (AvgIpc) is 2.98. The van der Waals surface area contributed by atoms with E-state index >= 15 is 0 Å². The number of fused-ring (bicyclic) bond motifs is 1. The molecule has 3 nitrogen and oxygen atoms in total. The predicted octanol–water partition coefficient (Wildman–Crippen LogP) is 2.72. The molecule has 0 aliphatic carbocycles. The van der Waals surface area contributed by atoms with Crippen LogP contribution in [0.15, 0.2) is 24.3 Å². The number of carbonyl (C=O) groups is 1. The Balaban J connectivity index is 0.00000161. The first-order chi connectivity index (χ1) is 9.50. The summed E-state index contributed by atoms with van der Waals surface area (Å²) in [6.07, 6.45) is 0. The van der Waals surface area contributed by atoms with Gasteiger partial charge in [-0.15, -0.1) is 12.4 Å². The zero-order valence-electron chi connectivity index (χ0n) is 12.4. The van der Waals surface area contributed by atoms with Crippen LogP contribution in [-0.4, -0.2) is 37.0 Å². The van der Waals surface area contributed by atoms with E-state index in [1.54, 1.807) is 0 Å². The van der Waals surface area contributed by atoms with Crippen LogP contribution in [0.4, 0.5) is 0 Å². The van der Waals surface area contributed by atoms with Crippen LogP contribution in [0.2, 0.25) is 5.02 Å². The number of benzene rings is 1. The van der Waals surface area contributed by atoms with Crippen molar-refractivity contribution in [3.8, 4) is 0 Å². The maximum absolute atomic E-state index is 12.9. The second kappa shape index (κ2) is 6.15. The summed E-state index contributed by atoms with van der Waals surface area (Å²) in [6.45, 7) is 7.79. The third kappa shape index (κ3) is 2.92. The van der Waals surface area contributed by atoms with Crippen LogP contribution in [0, 0.1) is 11.8 Å². The third-order valence-electron chi connectivity index (χ3n) is 4.76. The molecule has 2 heterocycles. The summed E-state index contributed by atoms with van der Waals surface area (Å²) in [6, 6.07) is 7.66. The topological polar surface area (TPSA) is 32.3 Å². The molecule has 0 saturated carbocycles. The van der Waals surface area contributed by atoms with E-state index in [1.165, 1.54) is 0 Å². The number of nitrogens with one attached hydrogen (secondary N) is 1. The lowest BCUT2D eigenvalue weighted by Crippen LogP contribution is -2.43. The van der Waals surface area contributed by atoms with Crippen LogP contribution in [0.1, 0.15) is 19.4 Å². The van der Waals surface area contributed by atoms with Crippen molar-refractivity contribution >= 4 is 29.9 Å². The molecule has 1 aromatic rings. The van der Waals surface area contributed by atoms with E-state index in [0.717, 1.165) is 31.7 Å². The molecule has 116 valence electrons. The summed E-state index contributed by atoms with van der Waals surface area (Å²) in [7, 11) is 0. The highest BCUT2D eigenvalue weighted by Gasteiger charge is 2.43. The lowest BCUT2D eigenvalue weighted by molar-refractivity contribution is -0.135. The Kier molecular flexibility index (Phi) is 4.86. The predicted molar refractivity (Wildman–Crippen MR) is 88.2 cm³/mol. The average molecular weight is 329 g/mol. The molecule has 0 aromatic heterocycles. The summed E-state index contributed by atoms with van der Waals surface area (Å²) in [5.74, 6) is 1.45. The van der Waals surface area contributed by atoms with Gasteiger partial charge in [-0.05, 0) is 37.3 Å². The molecule has 1 amide bonds. The quantitative estimate of drug-likeness (QED) is 0.905. The molecule has 2 atom stereocenters. The molecule has 1 aromatic carbocycles. The number of hydrogen-bond acceptors (Lipinski definition) is 2. The molecule has 3 rings (SSSR count). The van der Waals surface area contributed by atoms with Gasteiger partial charge < -0.3 is 10.2 Å². The van der Waals surface area contributed by atoms with Gasteiger partial charge in [0.1, 0.15) is 0 Å². The molecule has 2 aliphatic rings. The zero-order chi connectivity index (χ0) is 14.3. The van der Waals surface area contributed by atoms with Crippen LogP contribution in [0.25, 0.3) is 0 Å². The summed E-state index contributed by atoms with van der Waals surface area (Å²) in [4.78, 5) is 14.9. The monoisotopic (exact) mass is 328 g/mol. The normalized spacial score (nSPS) is 24.6. The van der Waals surface area contributed by atoms with E-state index in [9.17, 15) is 4.79 Å². The second-order valence-corrected chi connectivity index (χ2v) is 6.90. The number of nitrogens with zero attached hydrogens (tertiary/aromatic N) is 1. The molecular weight excluding hydrogens is 307 g/mol. The Morgan fingerprint density at radius 1 is 1.24 bits per heavy atom. The van der Waals surface area contributed by atoms with Gasteiger partial charge >= 0.3 is 0 Å². The van der Waals surface area contributed by atoms with Crippen molar-refractivity contribution in [2.75, 3.05) is 26.2 Å². The van der Waals surface area contributed by atoms with Crippen molar-refractivity contribution in [3.63, 3.8) is 0 Å². The first-order valence-corrected chi connectivity index (χ1v) is 7.63. The van der Waals surface area contributed by atoms with Crippen molar-refractivity contribution in [1.29, 1.82) is 0 Å². The Bertz CT molecular complexity index is 521. The highest BCUT2D eigenvalue weighted by atomic mass is 35.5. The van der Waals surface area contributed by atoms with E-state index in [0.29, 0.717) is 16.9 Å². The van der Waals surface area contributed by atoms with Gasteiger partial charge in [0.2, 0.25) is 5.91 Å². The lowest BCUT2D eigenvalue weighted by Gasteiger charge is -2.31. The van der Waals surface area contributed by atoms with Gasteiger partial charge in [0.25, 0.3) is 0 Å². The van der Waals surface area contributed by atoms with Gasteiger partial charge in [-0.2, -0.15) is 0 Å². The van der Waals surface area contributed by atoms with Crippen LogP contribution >= 0.6 is 24.0 Å². The number of hydrogen-bond donors (Lipinski definition) is 1. The van der Waals surface area contributed by atoms with Crippen LogP contribution < -0.4 is 5.32 Å². The summed E-state index contributed by atoms with van der Waals surface area (Å²) >= 11 is 6.27. The minimum absolute atomic E-state index is 0. The van der Waals surface area contributed by atoms with Crippen molar-refractivity contribution in [2.45, 2.75) is 19.3 Å². The molecule has 0 unspecified atom stereocenters. The van der Waals surface area contributed by atoms with Crippen molar-refractivity contribution in [3.05, 3.63) is 34.9 Å². The van der Waals surface area contributed by atoms with E-state index in [-0.39, 0.29) is 18.3 Å². The molecule has 1 N–H and O–H groups in total. The van der Waals surface area contributed by atoms with E-state index in [4.69, 9.17) is 11.6 Å². The zero-order valence-corrected chi connectivity index (χ0v) is 14.0. The standard InChI is InChI=1S/C16H21ClN2O.ClH/c1-16(2,13-5-3-4-6-14(13)17)15(20)19-9-11-7-18-8-12(11)10-19;/h3-6,11-12,18H,7-10H2,1-2H3;1H/t11-,12+;. The fraction of sp³-hybridized carbons (Fsp3) is 0.562. The molecule has 5 heteroatoms. The highest BCUT2D eigenvalue weighted by molar-refractivity contribution is 6.31. The molecule has 0 spiro atoms. The highest BCUT2D eigenvalue weighted by Crippen LogP contribution is 2.34. The van der Waals surface area contributed by atoms with Gasteiger partial charge in [-0.1, -0.05) is 29.8 Å². The first-order valence-electron chi connectivity index (χ1n) is 7.25. The summed E-state index contributed by atoms with van der Waals surface area (Å²) in [5.41, 5.74) is 0.353. The summed E-state index contributed by atoms with van der Waals surface area (Å²) < 4.78 is 0. The number of halogens is 2. The Morgan fingerprint density at radius 3 is 2.38 bits per heavy atom. The molecule has 0 radical (unpaired) electrons. The number of rotatable bonds is 2. The van der Waals surface area contributed by atoms with Gasteiger partial charge in [0.15, 0.2) is 0 Å². The number of likely N-dealkylation sites (tertiary alicyclic amines) is 1. The largest absolute Gasteiger partial charge is 0.341 e. The van der Waals surface area contributed by atoms with Crippen molar-refractivity contribution in [1.82, 2.24) is 10.2 Å². The van der Waals surface area contributed by atoms with Gasteiger partial charge in [0.05, 0.1) is 5.41 Å². The van der Waals surface area contributed by atoms with Crippen molar-refractivity contribution in [2.24, 2.45) is 11.8 Å².